The van der Waals surface area contributed by atoms with Crippen LogP contribution in [0.5, 0.6) is 5.88 Å². The smallest absolute Gasteiger partial charge is 0.320 e. The predicted octanol–water partition coefficient (Wildman–Crippen LogP) is 5.93. The molecular weight excluding hydrogens is 583 g/mol. The number of nitrogens with one attached hydrogen (secondary N) is 1. The van der Waals surface area contributed by atoms with E-state index in [9.17, 15) is 4.79 Å². The lowest BCUT2D eigenvalue weighted by Crippen LogP contribution is -2.27. The van der Waals surface area contributed by atoms with E-state index in [1.54, 1.807) is 18.5 Å². The van der Waals surface area contributed by atoms with Gasteiger partial charge in [-0.15, -0.1) is 0 Å². The normalized spacial score (nSPS) is 20.2. The van der Waals surface area contributed by atoms with E-state index in [2.05, 4.69) is 40.1 Å². The molecule has 1 saturated heterocycles. The van der Waals surface area contributed by atoms with Crippen LogP contribution in [0.1, 0.15) is 54.2 Å². The zero-order valence-corrected chi connectivity index (χ0v) is 27.6. The van der Waals surface area contributed by atoms with Crippen LogP contribution in [-0.4, -0.2) is 58.5 Å². The van der Waals surface area contributed by atoms with Gasteiger partial charge in [0.05, 0.1) is 32.8 Å². The Balaban J connectivity index is 1.79. The van der Waals surface area contributed by atoms with Crippen molar-refractivity contribution in [3.63, 3.8) is 0 Å². The number of nitrogens with zero attached hydrogens (tertiary/aromatic N) is 4. The molecule has 0 aliphatic carbocycles. The van der Waals surface area contributed by atoms with Gasteiger partial charge < -0.3 is 29.0 Å². The number of ether oxygens (including phenoxy) is 3. The van der Waals surface area contributed by atoms with Crippen molar-refractivity contribution in [3.8, 4) is 5.88 Å². The summed E-state index contributed by atoms with van der Waals surface area (Å²) in [5.74, 6) is 0.618. The van der Waals surface area contributed by atoms with Crippen molar-refractivity contribution in [3.05, 3.63) is 66.8 Å². The molecule has 1 fully saturated rings. The average molecular weight is 629 g/mol. The van der Waals surface area contributed by atoms with Crippen LogP contribution in [0.3, 0.4) is 0 Å². The summed E-state index contributed by atoms with van der Waals surface area (Å²) in [6.07, 6.45) is 10.7. The number of nitrogen functional groups attached to an aromatic ring is 1. The second-order valence-corrected chi connectivity index (χ2v) is 12.9. The lowest BCUT2D eigenvalue weighted by Gasteiger charge is -2.23. The molecule has 0 saturated carbocycles. The molecule has 3 N–H and O–H groups in total. The van der Waals surface area contributed by atoms with Crippen molar-refractivity contribution in [1.29, 1.82) is 0 Å². The van der Waals surface area contributed by atoms with Gasteiger partial charge in [0.2, 0.25) is 11.8 Å². The van der Waals surface area contributed by atoms with Crippen molar-refractivity contribution in [2.24, 2.45) is 11.3 Å². The maximum atomic E-state index is 12.5. The Bertz CT molecular complexity index is 1410. The molecule has 3 rings (SSSR count). The zero-order valence-electron chi connectivity index (χ0n) is 26.7. The third kappa shape index (κ3) is 9.72. The third-order valence-corrected chi connectivity index (χ3v) is 7.51. The molecule has 0 radical (unpaired) electrons. The van der Waals surface area contributed by atoms with Crippen LogP contribution in [0.2, 0.25) is 0 Å². The van der Waals surface area contributed by atoms with Gasteiger partial charge in [0.1, 0.15) is 18.5 Å². The van der Waals surface area contributed by atoms with E-state index in [4.69, 9.17) is 29.0 Å². The second kappa shape index (κ2) is 15.9. The van der Waals surface area contributed by atoms with Gasteiger partial charge in [-0.2, -0.15) is 9.97 Å². The molecule has 4 unspecified atom stereocenters. The molecule has 0 spiro atoms. The van der Waals surface area contributed by atoms with E-state index in [0.717, 1.165) is 11.1 Å². The number of carbonyl (C=O) groups excluding carboxylic acids is 1. The number of rotatable bonds is 15. The summed E-state index contributed by atoms with van der Waals surface area (Å²) in [5.41, 5.74) is 8.34. The average Bonchev–Trinajstić information content (AvgIpc) is 3.54. The molecule has 3 heterocycles. The monoisotopic (exact) mass is 628 g/mol. The Kier molecular flexibility index (Phi) is 12.7. The number of aromatic nitrogens is 4. The molecule has 4 atom stereocenters. The van der Waals surface area contributed by atoms with Crippen molar-refractivity contribution in [1.82, 2.24) is 24.6 Å². The largest absolute Gasteiger partial charge is 0.479 e. The SMILES string of the molecule is C=C\C=C/C(C(=C)C)=C(/C=C\C)OP(NCC(=O)OCC(C)(C)C)OCC1CC(C)C(n2cnc3c(OC)nc(N)nc32)O1. The van der Waals surface area contributed by atoms with E-state index < -0.39 is 14.5 Å². The van der Waals surface area contributed by atoms with Crippen molar-refractivity contribution < 1.29 is 28.1 Å². The number of nitrogens with two attached hydrogens (primary N) is 1. The number of hydrogen-bond donors (Lipinski definition) is 2. The Morgan fingerprint density at radius 3 is 2.70 bits per heavy atom. The lowest BCUT2D eigenvalue weighted by atomic mass is 9.99. The molecular formula is C31H45N6O6P. The highest BCUT2D eigenvalue weighted by Gasteiger charge is 2.36. The molecule has 44 heavy (non-hydrogen) atoms. The fourth-order valence-corrected chi connectivity index (χ4v) is 5.45. The van der Waals surface area contributed by atoms with Crippen molar-refractivity contribution in [2.75, 3.05) is 32.6 Å². The van der Waals surface area contributed by atoms with Gasteiger partial charge >= 0.3 is 14.5 Å². The number of allylic oxidation sites excluding steroid dienone is 7. The highest BCUT2D eigenvalue weighted by atomic mass is 31.2. The summed E-state index contributed by atoms with van der Waals surface area (Å²) >= 11 is 0. The van der Waals surface area contributed by atoms with Crippen LogP contribution in [0, 0.1) is 11.3 Å². The van der Waals surface area contributed by atoms with Gasteiger partial charge in [0.25, 0.3) is 0 Å². The molecule has 240 valence electrons. The standard InChI is InChI=1S/C31H45N6O6P/c1-10-12-14-23(20(3)4)24(13-11-2)43-44(34-16-25(38)40-18-31(6,7)8)41-17-22-15-21(5)29(42-22)37-19-33-26-27(37)35-30(32)36-28(26)39-9/h10-14,19,21-22,29,34H,1,3,15-18H2,2,4-9H3,(H2,32,35,36)/b13-11-,14-12-,24-23+. The second-order valence-electron chi connectivity index (χ2n) is 11.6. The van der Waals surface area contributed by atoms with Crippen LogP contribution in [0.15, 0.2) is 66.8 Å². The highest BCUT2D eigenvalue weighted by Crippen LogP contribution is 2.42. The molecule has 1 aliphatic rings. The van der Waals surface area contributed by atoms with Crippen LogP contribution in [-0.2, 0) is 23.3 Å². The first-order valence-corrected chi connectivity index (χ1v) is 15.6. The first-order valence-electron chi connectivity index (χ1n) is 14.4. The van der Waals surface area contributed by atoms with Crippen LogP contribution < -0.4 is 15.6 Å². The molecule has 13 heteroatoms. The molecule has 0 amide bonds. The van der Waals surface area contributed by atoms with E-state index in [0.29, 0.717) is 35.8 Å². The number of carbonyl (C=O) groups is 1. The number of fused-ring (bicyclic) bond motifs is 1. The lowest BCUT2D eigenvalue weighted by molar-refractivity contribution is -0.144. The molecule has 0 aromatic carbocycles. The minimum atomic E-state index is -1.80. The summed E-state index contributed by atoms with van der Waals surface area (Å²) in [4.78, 5) is 25.4. The third-order valence-electron chi connectivity index (χ3n) is 6.35. The summed E-state index contributed by atoms with van der Waals surface area (Å²) in [6.45, 7) is 20.1. The maximum absolute atomic E-state index is 12.5. The van der Waals surface area contributed by atoms with Gasteiger partial charge in [0, 0.05) is 11.5 Å². The van der Waals surface area contributed by atoms with Crippen LogP contribution in [0.4, 0.5) is 5.95 Å². The van der Waals surface area contributed by atoms with Gasteiger partial charge in [-0.1, -0.05) is 65.2 Å². The Hall–Kier alpha value is -3.57. The van der Waals surface area contributed by atoms with Crippen molar-refractivity contribution >= 4 is 31.6 Å². The van der Waals surface area contributed by atoms with Gasteiger partial charge in [-0.05, 0) is 37.3 Å². The maximum Gasteiger partial charge on any atom is 0.320 e. The molecule has 1 aliphatic heterocycles. The predicted molar refractivity (Wildman–Crippen MR) is 172 cm³/mol. The minimum Gasteiger partial charge on any atom is -0.479 e. The summed E-state index contributed by atoms with van der Waals surface area (Å²) in [7, 11) is -0.291. The Morgan fingerprint density at radius 2 is 2.07 bits per heavy atom. The summed E-state index contributed by atoms with van der Waals surface area (Å²) < 4.78 is 31.6. The fourth-order valence-electron chi connectivity index (χ4n) is 4.34. The number of hydrogen-bond acceptors (Lipinski definition) is 11. The molecule has 0 bridgehead atoms. The summed E-state index contributed by atoms with van der Waals surface area (Å²) in [5, 5.41) is 3.10. The van der Waals surface area contributed by atoms with Crippen LogP contribution >= 0.6 is 8.53 Å². The van der Waals surface area contributed by atoms with Crippen molar-refractivity contribution in [2.45, 2.75) is 60.3 Å². The topological polar surface area (TPSA) is 145 Å². The number of methoxy groups -OCH3 is 1. The first kappa shape index (κ1) is 34.9. The van der Waals surface area contributed by atoms with E-state index in [-0.39, 0.29) is 42.8 Å². The number of imidazole rings is 1. The molecule has 12 nitrogen and oxygen atoms in total. The quantitative estimate of drug-likeness (QED) is 0.105. The number of esters is 1. The summed E-state index contributed by atoms with van der Waals surface area (Å²) in [6, 6.07) is 0. The van der Waals surface area contributed by atoms with Gasteiger partial charge in [-0.25, -0.2) is 10.1 Å². The first-order chi connectivity index (χ1) is 20.9. The van der Waals surface area contributed by atoms with E-state index in [1.807, 2.05) is 57.4 Å². The fraction of sp³-hybridized carbons (Fsp3) is 0.484. The molecule has 2 aromatic heterocycles. The zero-order chi connectivity index (χ0) is 32.4. The highest BCUT2D eigenvalue weighted by molar-refractivity contribution is 7.45. The van der Waals surface area contributed by atoms with Crippen LogP contribution in [0.25, 0.3) is 11.2 Å². The minimum absolute atomic E-state index is 0.0820. The number of anilines is 1. The Labute approximate surface area is 261 Å². The van der Waals surface area contributed by atoms with E-state index in [1.165, 1.54) is 7.11 Å². The molecule has 2 aromatic rings. The van der Waals surface area contributed by atoms with Gasteiger partial charge in [-0.3, -0.25) is 9.36 Å². The van der Waals surface area contributed by atoms with Gasteiger partial charge in [0.15, 0.2) is 11.2 Å². The Morgan fingerprint density at radius 1 is 1.32 bits per heavy atom. The van der Waals surface area contributed by atoms with E-state index >= 15 is 0 Å².